The van der Waals surface area contributed by atoms with Gasteiger partial charge >= 0.3 is 39.5 Å². The summed E-state index contributed by atoms with van der Waals surface area (Å²) in [5.41, 5.74) is 0. The summed E-state index contributed by atoms with van der Waals surface area (Å²) in [6.45, 7) is 7.31. The Hall–Kier alpha value is -1.94. The lowest BCUT2D eigenvalue weighted by Crippen LogP contribution is -2.30. The second-order valence-electron chi connectivity index (χ2n) is 29.8. The molecule has 0 rings (SSSR count). The van der Waals surface area contributed by atoms with Gasteiger partial charge in [0.05, 0.1) is 26.4 Å². The van der Waals surface area contributed by atoms with Crippen molar-refractivity contribution in [1.29, 1.82) is 0 Å². The fourth-order valence-corrected chi connectivity index (χ4v) is 14.3. The molecule has 3 unspecified atom stereocenters. The number of carbonyl (C=O) groups is 4. The summed E-state index contributed by atoms with van der Waals surface area (Å²) in [5, 5.41) is 10.7. The van der Waals surface area contributed by atoms with Crippen LogP contribution in [-0.4, -0.2) is 96.7 Å². The third-order valence-electron chi connectivity index (χ3n) is 19.6. The largest absolute Gasteiger partial charge is 0.472 e. The van der Waals surface area contributed by atoms with Crippen molar-refractivity contribution in [3.05, 3.63) is 0 Å². The molecule has 0 fully saturated rings. The van der Waals surface area contributed by atoms with Crippen LogP contribution in [0.2, 0.25) is 0 Å². The molecule has 0 heterocycles. The van der Waals surface area contributed by atoms with Gasteiger partial charge in [-0.1, -0.05) is 388 Å². The summed E-state index contributed by atoms with van der Waals surface area (Å²) in [6.07, 6.45) is 66.6. The summed E-state index contributed by atoms with van der Waals surface area (Å²) in [7, 11) is -9.92. The highest BCUT2D eigenvalue weighted by atomic mass is 31.2. The molecule has 0 aromatic heterocycles. The van der Waals surface area contributed by atoms with E-state index in [2.05, 4.69) is 34.6 Å². The van der Waals surface area contributed by atoms with E-state index in [9.17, 15) is 43.2 Å². The molecule has 101 heavy (non-hydrogen) atoms. The van der Waals surface area contributed by atoms with Gasteiger partial charge < -0.3 is 33.8 Å². The van der Waals surface area contributed by atoms with Gasteiger partial charge in [-0.3, -0.25) is 37.3 Å². The zero-order valence-electron chi connectivity index (χ0n) is 66.1. The Morgan fingerprint density at radius 2 is 0.475 bits per heavy atom. The maximum atomic E-state index is 13.1. The predicted octanol–water partition coefficient (Wildman–Crippen LogP) is 24.8. The Labute approximate surface area is 619 Å². The van der Waals surface area contributed by atoms with Gasteiger partial charge in [-0.25, -0.2) is 9.13 Å². The van der Waals surface area contributed by atoms with Gasteiger partial charge in [0, 0.05) is 25.7 Å². The summed E-state index contributed by atoms with van der Waals surface area (Å²) in [4.78, 5) is 73.1. The molecule has 0 radical (unpaired) electrons. The standard InChI is InChI=1S/C82H160O17P2/c1-6-10-13-16-19-22-25-28-31-34-37-40-43-46-49-55-60-65-79(84)92-71-77(98-81(86)67-62-57-50-47-44-41-38-35-32-29-26-23-20-17-14-11-7-2)73-96-100(88,89)94-69-76(83)70-95-101(90,91)97-74-78(72-93-80(85)66-61-56-53-52-54-59-64-75(5)9-4)99-82(87)68-63-58-51-48-45-42-39-36-33-30-27-24-21-18-15-12-8-3/h75-78,83H,6-74H2,1-5H3,(H,88,89)(H,90,91)/t75?,76-,77-,78-/m1/s1. The van der Waals surface area contributed by atoms with Crippen LogP contribution in [0.25, 0.3) is 0 Å². The van der Waals surface area contributed by atoms with Crippen molar-refractivity contribution in [3.63, 3.8) is 0 Å². The van der Waals surface area contributed by atoms with Crippen LogP contribution in [0, 0.1) is 5.92 Å². The van der Waals surface area contributed by atoms with Gasteiger partial charge in [-0.2, -0.15) is 0 Å². The van der Waals surface area contributed by atoms with E-state index in [0.717, 1.165) is 102 Å². The van der Waals surface area contributed by atoms with Gasteiger partial charge in [0.1, 0.15) is 19.3 Å². The summed E-state index contributed by atoms with van der Waals surface area (Å²) in [5.74, 6) is -1.37. The van der Waals surface area contributed by atoms with E-state index in [0.29, 0.717) is 25.7 Å². The maximum Gasteiger partial charge on any atom is 0.472 e. The zero-order valence-corrected chi connectivity index (χ0v) is 67.8. The first-order valence-corrected chi connectivity index (χ1v) is 45.7. The number of phosphoric acid groups is 2. The van der Waals surface area contributed by atoms with E-state index in [1.807, 2.05) is 0 Å². The minimum Gasteiger partial charge on any atom is -0.462 e. The zero-order chi connectivity index (χ0) is 74.1. The van der Waals surface area contributed by atoms with Crippen LogP contribution >= 0.6 is 15.6 Å². The average Bonchev–Trinajstić information content (AvgIpc) is 0.935. The highest BCUT2D eigenvalue weighted by Gasteiger charge is 2.30. The number of hydrogen-bond donors (Lipinski definition) is 3. The van der Waals surface area contributed by atoms with Crippen LogP contribution in [0.5, 0.6) is 0 Å². The Bertz CT molecular complexity index is 1930. The summed E-state index contributed by atoms with van der Waals surface area (Å²) in [6, 6.07) is 0. The number of hydrogen-bond acceptors (Lipinski definition) is 15. The summed E-state index contributed by atoms with van der Waals surface area (Å²) < 4.78 is 68.8. The van der Waals surface area contributed by atoms with E-state index in [4.69, 9.17) is 37.0 Å². The molecule has 0 saturated carbocycles. The minimum absolute atomic E-state index is 0.108. The fourth-order valence-electron chi connectivity index (χ4n) is 12.7. The van der Waals surface area contributed by atoms with Crippen LogP contribution in [0.3, 0.4) is 0 Å². The van der Waals surface area contributed by atoms with E-state index in [1.165, 1.54) is 257 Å². The Morgan fingerprint density at radius 3 is 0.703 bits per heavy atom. The number of rotatable bonds is 82. The molecule has 0 aliphatic carbocycles. The lowest BCUT2D eigenvalue weighted by molar-refractivity contribution is -0.161. The molecule has 0 aromatic carbocycles. The first kappa shape index (κ1) is 99.1. The molecule has 0 aliphatic rings. The maximum absolute atomic E-state index is 13.1. The molecule has 0 aromatic rings. The lowest BCUT2D eigenvalue weighted by atomic mass is 10.00. The second-order valence-corrected chi connectivity index (χ2v) is 32.7. The molecular weight excluding hydrogens is 1320 g/mol. The lowest BCUT2D eigenvalue weighted by Gasteiger charge is -2.21. The molecule has 19 heteroatoms. The summed E-state index contributed by atoms with van der Waals surface area (Å²) >= 11 is 0. The molecule has 600 valence electrons. The number of phosphoric ester groups is 2. The third-order valence-corrected chi connectivity index (χ3v) is 21.5. The smallest absolute Gasteiger partial charge is 0.462 e. The van der Waals surface area contributed by atoms with Gasteiger partial charge in [-0.15, -0.1) is 0 Å². The van der Waals surface area contributed by atoms with E-state index < -0.39 is 97.5 Å². The van der Waals surface area contributed by atoms with Gasteiger partial charge in [-0.05, 0) is 31.6 Å². The van der Waals surface area contributed by atoms with Crippen molar-refractivity contribution in [1.82, 2.24) is 0 Å². The van der Waals surface area contributed by atoms with Crippen LogP contribution in [-0.2, 0) is 65.4 Å². The third kappa shape index (κ3) is 74.7. The molecule has 0 amide bonds. The molecule has 0 bridgehead atoms. The van der Waals surface area contributed by atoms with Crippen LogP contribution < -0.4 is 0 Å². The molecule has 0 aliphatic heterocycles. The van der Waals surface area contributed by atoms with E-state index in [-0.39, 0.29) is 25.7 Å². The van der Waals surface area contributed by atoms with Gasteiger partial charge in [0.15, 0.2) is 12.2 Å². The monoisotopic (exact) mass is 1480 g/mol. The second kappa shape index (κ2) is 74.9. The fraction of sp³-hybridized carbons (Fsp3) is 0.951. The number of aliphatic hydroxyl groups is 1. The van der Waals surface area contributed by atoms with Crippen molar-refractivity contribution < 1.29 is 80.2 Å². The van der Waals surface area contributed by atoms with Gasteiger partial charge in [0.25, 0.3) is 0 Å². The quantitative estimate of drug-likeness (QED) is 0.0222. The van der Waals surface area contributed by atoms with Crippen molar-refractivity contribution in [2.75, 3.05) is 39.6 Å². The molecule has 3 N–H and O–H groups in total. The van der Waals surface area contributed by atoms with Crippen LogP contribution in [0.4, 0.5) is 0 Å². The van der Waals surface area contributed by atoms with Gasteiger partial charge in [0.2, 0.25) is 0 Å². The predicted molar refractivity (Wildman–Crippen MR) is 414 cm³/mol. The van der Waals surface area contributed by atoms with Crippen LogP contribution in [0.15, 0.2) is 0 Å². The SMILES string of the molecule is CCCCCCCCCCCCCCCCCCCC(=O)OC[C@H](COP(=O)(O)OC[C@@H](O)COP(=O)(O)OC[C@@H](COC(=O)CCCCCCCCC(C)CC)OC(=O)CCCCCCCCCCCCCCCCCCC)OC(=O)CCCCCCCCCCCCCCCCCCC. The topological polar surface area (TPSA) is 237 Å². The number of carbonyl (C=O) groups excluding carboxylic acids is 4. The Morgan fingerprint density at radius 1 is 0.277 bits per heavy atom. The molecular formula is C82H160O17P2. The number of unbranched alkanes of at least 4 members (excludes halogenated alkanes) is 53. The number of aliphatic hydroxyl groups excluding tert-OH is 1. The van der Waals surface area contributed by atoms with Crippen molar-refractivity contribution >= 4 is 39.5 Å². The van der Waals surface area contributed by atoms with Crippen molar-refractivity contribution in [2.24, 2.45) is 5.92 Å². The molecule has 17 nitrogen and oxygen atoms in total. The molecule has 6 atom stereocenters. The van der Waals surface area contributed by atoms with Crippen LogP contribution in [0.1, 0.15) is 439 Å². The average molecular weight is 1480 g/mol. The normalized spacial score (nSPS) is 14.1. The minimum atomic E-state index is -4.96. The molecule has 0 spiro atoms. The first-order valence-electron chi connectivity index (χ1n) is 42.7. The van der Waals surface area contributed by atoms with E-state index in [1.54, 1.807) is 0 Å². The van der Waals surface area contributed by atoms with E-state index >= 15 is 0 Å². The number of ether oxygens (including phenoxy) is 4. The van der Waals surface area contributed by atoms with Crippen molar-refractivity contribution in [2.45, 2.75) is 457 Å². The highest BCUT2D eigenvalue weighted by molar-refractivity contribution is 7.47. The Kier molecular flexibility index (Phi) is 73.5. The molecule has 0 saturated heterocycles. The first-order chi connectivity index (χ1) is 49.1. The van der Waals surface area contributed by atoms with Crippen molar-refractivity contribution in [3.8, 4) is 0 Å². The number of esters is 4. The highest BCUT2D eigenvalue weighted by Crippen LogP contribution is 2.45. The Balaban J connectivity index is 5.24.